The first kappa shape index (κ1) is 9.07. The molecule has 0 saturated carbocycles. The third-order valence-corrected chi connectivity index (χ3v) is 2.96. The second-order valence-corrected chi connectivity index (χ2v) is 4.10. The Morgan fingerprint density at radius 3 is 3.12 bits per heavy atom. The summed E-state index contributed by atoms with van der Waals surface area (Å²) in [5.41, 5.74) is 4.17. The molecule has 0 aliphatic carbocycles. The number of fused-ring (bicyclic) bond motifs is 1. The highest BCUT2D eigenvalue weighted by Crippen LogP contribution is 2.21. The Morgan fingerprint density at radius 1 is 1.38 bits per heavy atom. The van der Waals surface area contributed by atoms with E-state index in [-0.39, 0.29) is 0 Å². The van der Waals surface area contributed by atoms with Gasteiger partial charge in [0.25, 0.3) is 0 Å². The third-order valence-electron chi connectivity index (χ3n) is 2.27. The molecule has 0 atom stereocenters. The minimum Gasteiger partial charge on any atom is -0.217 e. The average Bonchev–Trinajstić information content (AvgIpc) is 2.89. The SMILES string of the molecule is N#Cc1cccc(-c2cn3ncsc3n2)c1. The average molecular weight is 226 g/mol. The van der Waals surface area contributed by atoms with Gasteiger partial charge < -0.3 is 0 Å². The molecule has 2 heterocycles. The first-order valence-corrected chi connectivity index (χ1v) is 5.54. The summed E-state index contributed by atoms with van der Waals surface area (Å²) >= 11 is 1.49. The lowest BCUT2D eigenvalue weighted by Gasteiger charge is -1.95. The van der Waals surface area contributed by atoms with Crippen molar-refractivity contribution >= 4 is 16.3 Å². The minimum atomic E-state index is 0.641. The van der Waals surface area contributed by atoms with Crippen molar-refractivity contribution in [2.24, 2.45) is 0 Å². The van der Waals surface area contributed by atoms with Gasteiger partial charge in [0, 0.05) is 5.56 Å². The second-order valence-electron chi connectivity index (χ2n) is 3.28. The molecule has 3 aromatic rings. The van der Waals surface area contributed by atoms with Crippen LogP contribution < -0.4 is 0 Å². The van der Waals surface area contributed by atoms with E-state index in [1.807, 2.05) is 24.4 Å². The van der Waals surface area contributed by atoms with Crippen LogP contribution in [-0.4, -0.2) is 14.6 Å². The van der Waals surface area contributed by atoms with Crippen molar-refractivity contribution in [3.63, 3.8) is 0 Å². The van der Waals surface area contributed by atoms with Crippen molar-refractivity contribution in [2.45, 2.75) is 0 Å². The van der Waals surface area contributed by atoms with E-state index in [2.05, 4.69) is 16.2 Å². The normalized spacial score (nSPS) is 10.4. The molecule has 2 aromatic heterocycles. The fourth-order valence-electron chi connectivity index (χ4n) is 1.53. The van der Waals surface area contributed by atoms with Crippen LogP contribution in [0, 0.1) is 11.3 Å². The van der Waals surface area contributed by atoms with Gasteiger partial charge in [-0.1, -0.05) is 23.5 Å². The van der Waals surface area contributed by atoms with Gasteiger partial charge in [-0.15, -0.1) is 0 Å². The molecular weight excluding hydrogens is 220 g/mol. The Hall–Kier alpha value is -2.19. The Balaban J connectivity index is 2.16. The van der Waals surface area contributed by atoms with E-state index in [9.17, 15) is 0 Å². The van der Waals surface area contributed by atoms with Gasteiger partial charge in [-0.25, -0.2) is 9.50 Å². The number of nitriles is 1. The van der Waals surface area contributed by atoms with Crippen LogP contribution in [0.15, 0.2) is 36.0 Å². The van der Waals surface area contributed by atoms with Gasteiger partial charge in [-0.3, -0.25) is 0 Å². The standard InChI is InChI=1S/C11H6N4S/c12-5-8-2-1-3-9(4-8)10-6-15-11(14-10)16-7-13-15/h1-4,6-7H. The van der Waals surface area contributed by atoms with Crippen LogP contribution in [0.4, 0.5) is 0 Å². The topological polar surface area (TPSA) is 54.0 Å². The molecule has 1 aromatic carbocycles. The fourth-order valence-corrected chi connectivity index (χ4v) is 2.13. The molecule has 3 rings (SSSR count). The monoisotopic (exact) mass is 226 g/mol. The van der Waals surface area contributed by atoms with Crippen LogP contribution >= 0.6 is 11.3 Å². The quantitative estimate of drug-likeness (QED) is 0.640. The molecule has 0 saturated heterocycles. The van der Waals surface area contributed by atoms with Crippen LogP contribution in [0.5, 0.6) is 0 Å². The Labute approximate surface area is 95.4 Å². The van der Waals surface area contributed by atoms with Crippen molar-refractivity contribution in [3.05, 3.63) is 41.5 Å². The number of aromatic nitrogens is 3. The number of benzene rings is 1. The lowest BCUT2D eigenvalue weighted by Crippen LogP contribution is -1.80. The number of imidazole rings is 1. The van der Waals surface area contributed by atoms with Gasteiger partial charge in [0.2, 0.25) is 4.96 Å². The summed E-state index contributed by atoms with van der Waals surface area (Å²) in [7, 11) is 0. The van der Waals surface area contributed by atoms with Gasteiger partial charge in [0.05, 0.1) is 23.5 Å². The van der Waals surface area contributed by atoms with Gasteiger partial charge in [0.15, 0.2) is 0 Å². The maximum Gasteiger partial charge on any atom is 0.212 e. The molecule has 0 radical (unpaired) electrons. The third kappa shape index (κ3) is 1.36. The zero-order valence-electron chi connectivity index (χ0n) is 8.16. The summed E-state index contributed by atoms with van der Waals surface area (Å²) in [6.07, 6.45) is 1.86. The van der Waals surface area contributed by atoms with Crippen molar-refractivity contribution in [1.82, 2.24) is 14.6 Å². The molecular formula is C11H6N4S. The fraction of sp³-hybridized carbons (Fsp3) is 0. The van der Waals surface area contributed by atoms with Crippen LogP contribution in [0.2, 0.25) is 0 Å². The largest absolute Gasteiger partial charge is 0.217 e. The highest BCUT2D eigenvalue weighted by atomic mass is 32.1. The van der Waals surface area contributed by atoms with Gasteiger partial charge in [0.1, 0.15) is 5.51 Å². The van der Waals surface area contributed by atoms with Gasteiger partial charge in [-0.2, -0.15) is 10.4 Å². The summed E-state index contributed by atoms with van der Waals surface area (Å²) < 4.78 is 1.74. The van der Waals surface area contributed by atoms with Crippen LogP contribution in [0.1, 0.15) is 5.56 Å². The van der Waals surface area contributed by atoms with E-state index in [4.69, 9.17) is 5.26 Å². The number of hydrogen-bond donors (Lipinski definition) is 0. The molecule has 0 amide bonds. The molecule has 5 heteroatoms. The summed E-state index contributed by atoms with van der Waals surface area (Å²) in [5.74, 6) is 0. The van der Waals surface area contributed by atoms with Gasteiger partial charge >= 0.3 is 0 Å². The Morgan fingerprint density at radius 2 is 2.31 bits per heavy atom. The lowest BCUT2D eigenvalue weighted by atomic mass is 10.1. The van der Waals surface area contributed by atoms with Crippen LogP contribution in [-0.2, 0) is 0 Å². The highest BCUT2D eigenvalue weighted by Gasteiger charge is 2.06. The molecule has 0 aliphatic rings. The molecule has 0 unspecified atom stereocenters. The van der Waals surface area contributed by atoms with E-state index in [0.717, 1.165) is 16.2 Å². The van der Waals surface area contributed by atoms with Crippen molar-refractivity contribution in [1.29, 1.82) is 5.26 Å². The number of nitrogens with zero attached hydrogens (tertiary/aromatic N) is 4. The minimum absolute atomic E-state index is 0.641. The molecule has 0 N–H and O–H groups in total. The molecule has 0 bridgehead atoms. The molecule has 0 aliphatic heterocycles. The molecule has 0 spiro atoms. The maximum atomic E-state index is 8.82. The summed E-state index contributed by atoms with van der Waals surface area (Å²) in [4.78, 5) is 5.29. The van der Waals surface area contributed by atoms with E-state index in [1.165, 1.54) is 11.3 Å². The smallest absolute Gasteiger partial charge is 0.212 e. The van der Waals surface area contributed by atoms with Crippen molar-refractivity contribution in [2.75, 3.05) is 0 Å². The zero-order chi connectivity index (χ0) is 11.0. The van der Waals surface area contributed by atoms with Crippen molar-refractivity contribution in [3.8, 4) is 17.3 Å². The maximum absolute atomic E-state index is 8.82. The molecule has 16 heavy (non-hydrogen) atoms. The lowest BCUT2D eigenvalue weighted by molar-refractivity contribution is 0.974. The zero-order valence-corrected chi connectivity index (χ0v) is 8.98. The van der Waals surface area contributed by atoms with Crippen LogP contribution in [0.25, 0.3) is 16.2 Å². The molecule has 0 fully saturated rings. The molecule has 4 nitrogen and oxygen atoms in total. The molecule has 76 valence electrons. The van der Waals surface area contributed by atoms with Crippen LogP contribution in [0.3, 0.4) is 0 Å². The predicted molar refractivity (Wildman–Crippen MR) is 61.0 cm³/mol. The first-order chi connectivity index (χ1) is 7.86. The Bertz CT molecular complexity index is 661. The second kappa shape index (κ2) is 3.43. The summed E-state index contributed by atoms with van der Waals surface area (Å²) in [6, 6.07) is 9.51. The van der Waals surface area contributed by atoms with E-state index >= 15 is 0 Å². The first-order valence-electron chi connectivity index (χ1n) is 4.66. The van der Waals surface area contributed by atoms with E-state index < -0.39 is 0 Å². The number of hydrogen-bond acceptors (Lipinski definition) is 4. The predicted octanol–water partition coefficient (Wildman–Crippen LogP) is 2.33. The highest BCUT2D eigenvalue weighted by molar-refractivity contribution is 7.14. The van der Waals surface area contributed by atoms with E-state index in [1.54, 1.807) is 16.1 Å². The van der Waals surface area contributed by atoms with Crippen molar-refractivity contribution < 1.29 is 0 Å². The van der Waals surface area contributed by atoms with Gasteiger partial charge in [-0.05, 0) is 12.1 Å². The van der Waals surface area contributed by atoms with E-state index in [0.29, 0.717) is 5.56 Å². The summed E-state index contributed by atoms with van der Waals surface area (Å²) in [6.45, 7) is 0. The summed E-state index contributed by atoms with van der Waals surface area (Å²) in [5, 5.41) is 12.9. The Kier molecular flexibility index (Phi) is 1.95. The number of rotatable bonds is 1.